The molecule has 1 spiro atoms. The number of hydrogen-bond acceptors (Lipinski definition) is 4. The fourth-order valence-electron chi connectivity index (χ4n) is 2.54. The molecule has 6 heteroatoms. The van der Waals surface area contributed by atoms with Crippen molar-refractivity contribution < 1.29 is 9.53 Å². The van der Waals surface area contributed by atoms with Gasteiger partial charge >= 0.3 is 6.03 Å². The van der Waals surface area contributed by atoms with Crippen LogP contribution in [0.5, 0.6) is 0 Å². The molecule has 1 atom stereocenters. The highest BCUT2D eigenvalue weighted by Crippen LogP contribution is 2.38. The summed E-state index contributed by atoms with van der Waals surface area (Å²) in [5, 5.41) is 5.34. The third-order valence-electron chi connectivity index (χ3n) is 3.56. The predicted molar refractivity (Wildman–Crippen MR) is 65.2 cm³/mol. The lowest BCUT2D eigenvalue weighted by molar-refractivity contribution is 0.154. The molecule has 2 aliphatic rings. The molecule has 1 unspecified atom stereocenters. The van der Waals surface area contributed by atoms with Crippen LogP contribution >= 0.6 is 11.3 Å². The fourth-order valence-corrected chi connectivity index (χ4v) is 3.05. The molecule has 5 nitrogen and oxygen atoms in total. The minimum Gasteiger partial charge on any atom is -0.381 e. The molecule has 0 saturated carbocycles. The zero-order valence-corrected chi connectivity index (χ0v) is 10.3. The molecule has 17 heavy (non-hydrogen) atoms. The molecule has 0 aromatic carbocycles. The summed E-state index contributed by atoms with van der Waals surface area (Å²) in [4.78, 5) is 17.9. The molecular weight excluding hydrogens is 238 g/mol. The van der Waals surface area contributed by atoms with Gasteiger partial charge in [0.15, 0.2) is 5.13 Å². The van der Waals surface area contributed by atoms with Gasteiger partial charge < -0.3 is 9.64 Å². The van der Waals surface area contributed by atoms with Crippen molar-refractivity contribution in [1.29, 1.82) is 0 Å². The van der Waals surface area contributed by atoms with Crippen LogP contribution in [-0.4, -0.2) is 42.2 Å². The van der Waals surface area contributed by atoms with E-state index < -0.39 is 0 Å². The SMILES string of the molecule is O=C(Nc1nccs1)N1CCC2(CCOC2)C1. The first-order valence-electron chi connectivity index (χ1n) is 5.81. The molecular formula is C11H15N3O2S. The van der Waals surface area contributed by atoms with Crippen molar-refractivity contribution in [3.63, 3.8) is 0 Å². The van der Waals surface area contributed by atoms with E-state index in [4.69, 9.17) is 4.74 Å². The van der Waals surface area contributed by atoms with Crippen molar-refractivity contribution in [2.24, 2.45) is 5.41 Å². The maximum Gasteiger partial charge on any atom is 0.323 e. The number of nitrogens with one attached hydrogen (secondary N) is 1. The van der Waals surface area contributed by atoms with Crippen LogP contribution in [0.3, 0.4) is 0 Å². The number of aromatic nitrogens is 1. The highest BCUT2D eigenvalue weighted by molar-refractivity contribution is 7.13. The number of ether oxygens (including phenoxy) is 1. The number of urea groups is 1. The second-order valence-electron chi connectivity index (χ2n) is 4.74. The normalized spacial score (nSPS) is 27.9. The summed E-state index contributed by atoms with van der Waals surface area (Å²) >= 11 is 1.44. The Balaban J connectivity index is 1.60. The van der Waals surface area contributed by atoms with E-state index in [1.54, 1.807) is 6.20 Å². The molecule has 0 bridgehead atoms. The Hall–Kier alpha value is -1.14. The number of carbonyl (C=O) groups is 1. The van der Waals surface area contributed by atoms with E-state index in [0.717, 1.165) is 39.1 Å². The van der Waals surface area contributed by atoms with Gasteiger partial charge in [-0.3, -0.25) is 5.32 Å². The Morgan fingerprint density at radius 3 is 3.24 bits per heavy atom. The van der Waals surface area contributed by atoms with Gasteiger partial charge in [-0.15, -0.1) is 11.3 Å². The molecule has 0 aliphatic carbocycles. The van der Waals surface area contributed by atoms with Crippen LogP contribution in [0, 0.1) is 5.41 Å². The Morgan fingerprint density at radius 1 is 1.59 bits per heavy atom. The first-order valence-corrected chi connectivity index (χ1v) is 6.69. The zero-order chi connectivity index (χ0) is 11.7. The van der Waals surface area contributed by atoms with Crippen molar-refractivity contribution in [2.75, 3.05) is 31.6 Å². The second kappa shape index (κ2) is 4.27. The van der Waals surface area contributed by atoms with Crippen LogP contribution in [-0.2, 0) is 4.74 Å². The largest absolute Gasteiger partial charge is 0.381 e. The smallest absolute Gasteiger partial charge is 0.323 e. The monoisotopic (exact) mass is 253 g/mol. The number of anilines is 1. The van der Waals surface area contributed by atoms with Crippen molar-refractivity contribution in [3.8, 4) is 0 Å². The Morgan fingerprint density at radius 2 is 2.53 bits per heavy atom. The lowest BCUT2D eigenvalue weighted by Crippen LogP contribution is -2.35. The predicted octanol–water partition coefficient (Wildman–Crippen LogP) is 1.79. The van der Waals surface area contributed by atoms with Gasteiger partial charge in [0.2, 0.25) is 0 Å². The van der Waals surface area contributed by atoms with Crippen LogP contribution in [0.4, 0.5) is 9.93 Å². The molecule has 2 saturated heterocycles. The Labute approximate surface area is 104 Å². The summed E-state index contributed by atoms with van der Waals surface area (Å²) in [5.41, 5.74) is 0.222. The molecule has 3 heterocycles. The highest BCUT2D eigenvalue weighted by atomic mass is 32.1. The minimum absolute atomic E-state index is 0.0382. The topological polar surface area (TPSA) is 54.5 Å². The molecule has 2 fully saturated rings. The molecule has 1 aromatic rings. The molecule has 1 N–H and O–H groups in total. The number of likely N-dealkylation sites (tertiary alicyclic amines) is 1. The van der Waals surface area contributed by atoms with Gasteiger partial charge in [0.1, 0.15) is 0 Å². The van der Waals surface area contributed by atoms with Gasteiger partial charge in [0, 0.05) is 36.7 Å². The van der Waals surface area contributed by atoms with Gasteiger partial charge in [-0.2, -0.15) is 0 Å². The summed E-state index contributed by atoms with van der Waals surface area (Å²) in [5.74, 6) is 0. The third kappa shape index (κ3) is 2.14. The van der Waals surface area contributed by atoms with Gasteiger partial charge in [-0.05, 0) is 12.8 Å². The summed E-state index contributed by atoms with van der Waals surface area (Å²) in [6.45, 7) is 3.26. The number of carbonyl (C=O) groups excluding carboxylic acids is 1. The van der Waals surface area contributed by atoms with Gasteiger partial charge in [0.25, 0.3) is 0 Å². The quantitative estimate of drug-likeness (QED) is 0.830. The molecule has 92 valence electrons. The number of rotatable bonds is 1. The number of hydrogen-bond donors (Lipinski definition) is 1. The van der Waals surface area contributed by atoms with E-state index in [1.807, 2.05) is 10.3 Å². The number of nitrogens with zero attached hydrogens (tertiary/aromatic N) is 2. The van der Waals surface area contributed by atoms with Crippen molar-refractivity contribution >= 4 is 22.5 Å². The van der Waals surface area contributed by atoms with Gasteiger partial charge in [-0.25, -0.2) is 9.78 Å². The van der Waals surface area contributed by atoms with E-state index in [9.17, 15) is 4.79 Å². The summed E-state index contributed by atoms with van der Waals surface area (Å²) in [6.07, 6.45) is 3.82. The average molecular weight is 253 g/mol. The van der Waals surface area contributed by atoms with Gasteiger partial charge in [0.05, 0.1) is 6.61 Å². The van der Waals surface area contributed by atoms with Crippen LogP contribution in [0.2, 0.25) is 0 Å². The van der Waals surface area contributed by atoms with Crippen LogP contribution in [0.25, 0.3) is 0 Å². The molecule has 2 aliphatic heterocycles. The lowest BCUT2D eigenvalue weighted by Gasteiger charge is -2.21. The summed E-state index contributed by atoms with van der Waals surface area (Å²) in [7, 11) is 0. The third-order valence-corrected chi connectivity index (χ3v) is 4.25. The molecule has 3 rings (SSSR count). The van der Waals surface area contributed by atoms with Crippen molar-refractivity contribution in [2.45, 2.75) is 12.8 Å². The standard InChI is InChI=1S/C11H15N3O2S/c15-10(13-9-12-3-6-17-9)14-4-1-11(7-14)2-5-16-8-11/h3,6H,1-2,4-5,7-8H2,(H,12,13,15). The van der Waals surface area contributed by atoms with E-state index >= 15 is 0 Å². The molecule has 0 radical (unpaired) electrons. The minimum atomic E-state index is -0.0382. The fraction of sp³-hybridized carbons (Fsp3) is 0.636. The first kappa shape index (κ1) is 11.0. The lowest BCUT2D eigenvalue weighted by atomic mass is 9.87. The van der Waals surface area contributed by atoms with E-state index in [2.05, 4.69) is 10.3 Å². The zero-order valence-electron chi connectivity index (χ0n) is 9.52. The van der Waals surface area contributed by atoms with Crippen molar-refractivity contribution in [1.82, 2.24) is 9.88 Å². The number of thiazole rings is 1. The second-order valence-corrected chi connectivity index (χ2v) is 5.64. The number of amides is 2. The van der Waals surface area contributed by atoms with E-state index in [0.29, 0.717) is 5.13 Å². The molecule has 1 aromatic heterocycles. The Bertz CT molecular complexity index is 401. The van der Waals surface area contributed by atoms with E-state index in [-0.39, 0.29) is 11.4 Å². The van der Waals surface area contributed by atoms with Crippen molar-refractivity contribution in [3.05, 3.63) is 11.6 Å². The maximum absolute atomic E-state index is 12.0. The Kier molecular flexibility index (Phi) is 2.76. The summed E-state index contributed by atoms with van der Waals surface area (Å²) in [6, 6.07) is -0.0382. The van der Waals surface area contributed by atoms with Crippen LogP contribution in [0.1, 0.15) is 12.8 Å². The average Bonchev–Trinajstić information content (AvgIpc) is 3.03. The molecule has 2 amide bonds. The van der Waals surface area contributed by atoms with Crippen LogP contribution < -0.4 is 5.32 Å². The van der Waals surface area contributed by atoms with E-state index in [1.165, 1.54) is 11.3 Å². The van der Waals surface area contributed by atoms with Crippen LogP contribution in [0.15, 0.2) is 11.6 Å². The highest BCUT2D eigenvalue weighted by Gasteiger charge is 2.42. The van der Waals surface area contributed by atoms with Gasteiger partial charge in [-0.1, -0.05) is 0 Å². The maximum atomic E-state index is 12.0. The first-order chi connectivity index (χ1) is 8.27. The summed E-state index contributed by atoms with van der Waals surface area (Å²) < 4.78 is 5.45.